The number of hydrogen-bond acceptors (Lipinski definition) is 6. The highest BCUT2D eigenvalue weighted by molar-refractivity contribution is 5.67. The topological polar surface area (TPSA) is 92.1 Å². The third-order valence-corrected chi connectivity index (χ3v) is 7.43. The first-order valence-corrected chi connectivity index (χ1v) is 12.7. The molecule has 3 N–H and O–H groups in total. The van der Waals surface area contributed by atoms with Crippen LogP contribution >= 0.6 is 0 Å². The average molecular weight is 489 g/mol. The van der Waals surface area contributed by atoms with Gasteiger partial charge in [-0.2, -0.15) is 5.26 Å². The molecular weight excluding hydrogens is 455 g/mol. The molecule has 2 aromatic carbocycles. The lowest BCUT2D eigenvalue weighted by Gasteiger charge is -2.26. The summed E-state index contributed by atoms with van der Waals surface area (Å²) in [5.74, 6) is 0.719. The summed E-state index contributed by atoms with van der Waals surface area (Å²) in [7, 11) is 1.76. The molecule has 1 saturated carbocycles. The van der Waals surface area contributed by atoms with Crippen LogP contribution in [0.25, 0.3) is 16.9 Å². The molecule has 1 saturated heterocycles. The Morgan fingerprint density at radius 1 is 1.14 bits per heavy atom. The number of aromatic nitrogens is 2. The highest BCUT2D eigenvalue weighted by Gasteiger charge is 2.23. The number of nitriles is 1. The van der Waals surface area contributed by atoms with Crippen molar-refractivity contribution < 1.29 is 9.13 Å². The lowest BCUT2D eigenvalue weighted by Crippen LogP contribution is -2.31. The molecule has 188 valence electrons. The number of halogens is 1. The van der Waals surface area contributed by atoms with Crippen LogP contribution in [-0.2, 0) is 4.74 Å². The van der Waals surface area contributed by atoms with E-state index in [1.807, 2.05) is 29.0 Å². The second-order valence-corrected chi connectivity index (χ2v) is 9.92. The van der Waals surface area contributed by atoms with Gasteiger partial charge >= 0.3 is 0 Å². The summed E-state index contributed by atoms with van der Waals surface area (Å²) in [4.78, 5) is 2.32. The first-order chi connectivity index (χ1) is 17.5. The normalized spacial score (nSPS) is 21.9. The quantitative estimate of drug-likeness (QED) is 0.501. The fourth-order valence-corrected chi connectivity index (χ4v) is 5.36. The molecule has 1 aliphatic heterocycles. The number of nitrogens with one attached hydrogen (secondary N) is 1. The van der Waals surface area contributed by atoms with Gasteiger partial charge in [-0.1, -0.05) is 12.5 Å². The Labute approximate surface area is 211 Å². The van der Waals surface area contributed by atoms with E-state index >= 15 is 0 Å². The molecular formula is C28H33FN6O. The molecule has 2 heterocycles. The zero-order valence-electron chi connectivity index (χ0n) is 20.7. The number of methoxy groups -OCH3 is 1. The summed E-state index contributed by atoms with van der Waals surface area (Å²) in [5.41, 5.74) is 9.65. The second kappa shape index (κ2) is 10.7. The summed E-state index contributed by atoms with van der Waals surface area (Å²) in [6.45, 7) is 2.65. The first kappa shape index (κ1) is 24.3. The van der Waals surface area contributed by atoms with Gasteiger partial charge in [-0.05, 0) is 68.0 Å². The minimum atomic E-state index is -0.537. The number of anilines is 2. The predicted molar refractivity (Wildman–Crippen MR) is 140 cm³/mol. The van der Waals surface area contributed by atoms with Crippen molar-refractivity contribution in [2.75, 3.05) is 37.0 Å². The molecule has 3 aromatic rings. The van der Waals surface area contributed by atoms with Gasteiger partial charge in [-0.3, -0.25) is 0 Å². The highest BCUT2D eigenvalue weighted by Crippen LogP contribution is 2.30. The molecule has 36 heavy (non-hydrogen) atoms. The summed E-state index contributed by atoms with van der Waals surface area (Å²) in [5, 5.41) is 17.5. The molecule has 8 heteroatoms. The molecule has 1 aliphatic carbocycles. The van der Waals surface area contributed by atoms with Crippen molar-refractivity contribution in [3.05, 3.63) is 59.9 Å². The Hall–Kier alpha value is -3.41. The third kappa shape index (κ3) is 5.23. The Bertz CT molecular complexity index is 1230. The highest BCUT2D eigenvalue weighted by atomic mass is 19.1. The van der Waals surface area contributed by atoms with E-state index in [1.54, 1.807) is 13.2 Å². The van der Waals surface area contributed by atoms with E-state index in [9.17, 15) is 4.39 Å². The predicted octanol–water partition coefficient (Wildman–Crippen LogP) is 4.70. The van der Waals surface area contributed by atoms with Crippen molar-refractivity contribution >= 4 is 11.5 Å². The van der Waals surface area contributed by atoms with Crippen LogP contribution in [0, 0.1) is 23.1 Å². The monoisotopic (exact) mass is 488 g/mol. The minimum Gasteiger partial charge on any atom is -0.380 e. The smallest absolute Gasteiger partial charge is 0.149 e. The van der Waals surface area contributed by atoms with Crippen LogP contribution < -0.4 is 16.0 Å². The van der Waals surface area contributed by atoms with Gasteiger partial charge in [0.15, 0.2) is 0 Å². The maximum absolute atomic E-state index is 14.5. The molecule has 0 amide bonds. The fraction of sp³-hybridized carbons (Fsp3) is 0.429. The number of benzene rings is 2. The summed E-state index contributed by atoms with van der Waals surface area (Å²) < 4.78 is 21.8. The van der Waals surface area contributed by atoms with Crippen molar-refractivity contribution in [2.24, 2.45) is 11.7 Å². The Morgan fingerprint density at radius 2 is 1.94 bits per heavy atom. The van der Waals surface area contributed by atoms with Gasteiger partial charge in [0.2, 0.25) is 0 Å². The SMILES string of the molecule is CO[C@@H]1CCN(c2ccc(-n3nc(NC[C@H]4CCC[C@H](N)C4)cc3-c3ccc(C#N)c(F)c3)cc2)C1. The van der Waals surface area contributed by atoms with Gasteiger partial charge in [0, 0.05) is 50.1 Å². The van der Waals surface area contributed by atoms with Crippen molar-refractivity contribution in [3.8, 4) is 23.0 Å². The van der Waals surface area contributed by atoms with E-state index in [-0.39, 0.29) is 17.7 Å². The largest absolute Gasteiger partial charge is 0.380 e. The van der Waals surface area contributed by atoms with Gasteiger partial charge in [0.25, 0.3) is 0 Å². The van der Waals surface area contributed by atoms with E-state index in [0.29, 0.717) is 11.5 Å². The number of rotatable bonds is 7. The van der Waals surface area contributed by atoms with Crippen LogP contribution in [0.2, 0.25) is 0 Å². The summed E-state index contributed by atoms with van der Waals surface area (Å²) in [6, 6.07) is 17.1. The second-order valence-electron chi connectivity index (χ2n) is 9.92. The zero-order valence-corrected chi connectivity index (χ0v) is 20.7. The molecule has 0 bridgehead atoms. The van der Waals surface area contributed by atoms with E-state index in [0.717, 1.165) is 74.6 Å². The zero-order chi connectivity index (χ0) is 25.1. The molecule has 7 nitrogen and oxygen atoms in total. The number of nitrogens with zero attached hydrogens (tertiary/aromatic N) is 4. The van der Waals surface area contributed by atoms with Crippen molar-refractivity contribution in [2.45, 2.75) is 44.2 Å². The maximum Gasteiger partial charge on any atom is 0.149 e. The lowest BCUT2D eigenvalue weighted by molar-refractivity contribution is 0.121. The van der Waals surface area contributed by atoms with Crippen molar-refractivity contribution in [3.63, 3.8) is 0 Å². The lowest BCUT2D eigenvalue weighted by atomic mass is 9.86. The van der Waals surface area contributed by atoms with E-state index in [4.69, 9.17) is 20.8 Å². The van der Waals surface area contributed by atoms with Crippen LogP contribution in [0.15, 0.2) is 48.5 Å². The molecule has 5 rings (SSSR count). The average Bonchev–Trinajstić information content (AvgIpc) is 3.55. The van der Waals surface area contributed by atoms with Gasteiger partial charge in [-0.15, -0.1) is 5.10 Å². The Balaban J connectivity index is 1.42. The minimum absolute atomic E-state index is 0.0288. The van der Waals surface area contributed by atoms with Gasteiger partial charge in [0.05, 0.1) is 23.0 Å². The van der Waals surface area contributed by atoms with Crippen molar-refractivity contribution in [1.82, 2.24) is 9.78 Å². The number of ether oxygens (including phenoxy) is 1. The summed E-state index contributed by atoms with van der Waals surface area (Å²) >= 11 is 0. The van der Waals surface area contributed by atoms with E-state index in [1.165, 1.54) is 12.1 Å². The standard InChI is InChI=1S/C28H33FN6O/c1-36-25-11-12-34(18-25)23-7-9-24(10-8-23)35-27(20-5-6-21(16-30)26(29)14-20)15-28(33-35)32-17-19-3-2-4-22(31)13-19/h5-10,14-15,19,22,25H,2-4,11-13,17-18,31H2,1H3,(H,32,33)/t19-,22-,25+/m0/s1. The van der Waals surface area contributed by atoms with E-state index < -0.39 is 5.82 Å². The van der Waals surface area contributed by atoms with Crippen molar-refractivity contribution in [1.29, 1.82) is 5.26 Å². The molecule has 1 aromatic heterocycles. The molecule has 2 aliphatic rings. The molecule has 3 atom stereocenters. The van der Waals surface area contributed by atoms with Crippen LogP contribution in [0.5, 0.6) is 0 Å². The number of nitrogens with two attached hydrogens (primary N) is 1. The van der Waals surface area contributed by atoms with Gasteiger partial charge in [-0.25, -0.2) is 9.07 Å². The molecule has 0 spiro atoms. The fourth-order valence-electron chi connectivity index (χ4n) is 5.36. The first-order valence-electron chi connectivity index (χ1n) is 12.7. The van der Waals surface area contributed by atoms with Gasteiger partial charge < -0.3 is 20.7 Å². The van der Waals surface area contributed by atoms with Crippen LogP contribution in [-0.4, -0.2) is 48.7 Å². The van der Waals surface area contributed by atoms with Gasteiger partial charge in [0.1, 0.15) is 17.7 Å². The van der Waals surface area contributed by atoms with Crippen LogP contribution in [0.1, 0.15) is 37.7 Å². The maximum atomic E-state index is 14.5. The Morgan fingerprint density at radius 3 is 2.64 bits per heavy atom. The van der Waals surface area contributed by atoms with Crippen LogP contribution in [0.3, 0.4) is 0 Å². The number of hydrogen-bond donors (Lipinski definition) is 2. The summed E-state index contributed by atoms with van der Waals surface area (Å²) in [6.07, 6.45) is 5.72. The van der Waals surface area contributed by atoms with E-state index in [2.05, 4.69) is 22.3 Å². The molecule has 0 unspecified atom stereocenters. The Kier molecular flexibility index (Phi) is 7.21. The third-order valence-electron chi connectivity index (χ3n) is 7.43. The van der Waals surface area contributed by atoms with Crippen LogP contribution in [0.4, 0.5) is 15.9 Å². The molecule has 2 fully saturated rings. The molecule has 0 radical (unpaired) electrons.